The van der Waals surface area contributed by atoms with Gasteiger partial charge in [0.2, 0.25) is 0 Å². The summed E-state index contributed by atoms with van der Waals surface area (Å²) in [5.74, 6) is -1.43. The molecule has 1 N–H and O–H groups in total. The lowest BCUT2D eigenvalue weighted by Gasteiger charge is -2.25. The molecule has 2 aromatic rings. The number of benzene rings is 2. The molecule has 0 bridgehead atoms. The summed E-state index contributed by atoms with van der Waals surface area (Å²) < 4.78 is 13.2. The van der Waals surface area contributed by atoms with Crippen molar-refractivity contribution in [1.82, 2.24) is 10.2 Å². The lowest BCUT2D eigenvalue weighted by molar-refractivity contribution is -0.131. The molecule has 0 saturated carbocycles. The van der Waals surface area contributed by atoms with Crippen LogP contribution < -0.4 is 5.32 Å². The van der Waals surface area contributed by atoms with Gasteiger partial charge in [-0.25, -0.2) is 9.18 Å². The summed E-state index contributed by atoms with van der Waals surface area (Å²) in [7, 11) is 0. The van der Waals surface area contributed by atoms with Gasteiger partial charge in [-0.2, -0.15) is 0 Å². The molecule has 0 aromatic heterocycles. The van der Waals surface area contributed by atoms with Gasteiger partial charge in [0.15, 0.2) is 5.78 Å². The molecule has 26 heavy (non-hydrogen) atoms. The number of carbonyl (C=O) groups is 3. The van der Waals surface area contributed by atoms with Crippen molar-refractivity contribution in [1.29, 1.82) is 0 Å². The molecule has 1 atom stereocenters. The van der Waals surface area contributed by atoms with Crippen LogP contribution in [-0.2, 0) is 10.3 Å². The SMILES string of the molecule is CC[C@@]1(c2ccc(F)cc2)NC(=O)N(CC(=O)c2ccccc2Cl)C1=O. The number of nitrogens with one attached hydrogen (secondary N) is 1. The maximum Gasteiger partial charge on any atom is 0.325 e. The van der Waals surface area contributed by atoms with E-state index in [0.717, 1.165) is 4.90 Å². The van der Waals surface area contributed by atoms with Crippen molar-refractivity contribution < 1.29 is 18.8 Å². The van der Waals surface area contributed by atoms with Gasteiger partial charge in [0, 0.05) is 5.56 Å². The quantitative estimate of drug-likeness (QED) is 0.643. The number of nitrogens with zero attached hydrogens (tertiary/aromatic N) is 1. The van der Waals surface area contributed by atoms with Crippen molar-refractivity contribution in [2.75, 3.05) is 6.54 Å². The molecule has 3 amide bonds. The Balaban J connectivity index is 1.90. The molecule has 5 nitrogen and oxygen atoms in total. The van der Waals surface area contributed by atoms with Crippen molar-refractivity contribution in [3.05, 3.63) is 70.5 Å². The predicted molar refractivity (Wildman–Crippen MR) is 94.4 cm³/mol. The monoisotopic (exact) mass is 374 g/mol. The smallest absolute Gasteiger partial charge is 0.319 e. The molecule has 7 heteroatoms. The van der Waals surface area contributed by atoms with E-state index in [1.165, 1.54) is 30.3 Å². The largest absolute Gasteiger partial charge is 0.325 e. The number of hydrogen-bond acceptors (Lipinski definition) is 3. The van der Waals surface area contributed by atoms with Gasteiger partial charge in [0.25, 0.3) is 5.91 Å². The second kappa shape index (κ2) is 6.88. The van der Waals surface area contributed by atoms with E-state index >= 15 is 0 Å². The first kappa shape index (κ1) is 18.1. The zero-order chi connectivity index (χ0) is 18.9. The summed E-state index contributed by atoms with van der Waals surface area (Å²) in [4.78, 5) is 38.7. The number of hydrogen-bond donors (Lipinski definition) is 1. The van der Waals surface area contributed by atoms with Gasteiger partial charge >= 0.3 is 6.03 Å². The Hall–Kier alpha value is -2.73. The molecular formula is C19H16ClFN2O3. The molecule has 1 heterocycles. The molecule has 134 valence electrons. The molecule has 3 rings (SSSR count). The number of carbonyl (C=O) groups excluding carboxylic acids is 3. The third-order valence-electron chi connectivity index (χ3n) is 4.52. The Labute approximate surface area is 154 Å². The first-order chi connectivity index (χ1) is 12.4. The number of halogens is 2. The molecule has 1 fully saturated rings. The summed E-state index contributed by atoms with van der Waals surface area (Å²) in [5, 5.41) is 2.91. The standard InChI is InChI=1S/C19H16ClFN2O3/c1-2-19(12-7-9-13(21)10-8-12)17(25)23(18(26)22-19)11-16(24)14-5-3-4-6-15(14)20/h3-10H,2,11H2,1H3,(H,22,26)/t19-/m0/s1. The Morgan fingerprint density at radius 2 is 1.81 bits per heavy atom. The summed E-state index contributed by atoms with van der Waals surface area (Å²) in [6.45, 7) is 1.32. The highest BCUT2D eigenvalue weighted by Crippen LogP contribution is 2.32. The topological polar surface area (TPSA) is 66.5 Å². The van der Waals surface area contributed by atoms with Crippen LogP contribution in [0, 0.1) is 5.82 Å². The van der Waals surface area contributed by atoms with Crippen LogP contribution in [0.4, 0.5) is 9.18 Å². The zero-order valence-corrected chi connectivity index (χ0v) is 14.7. The number of ketones is 1. The van der Waals surface area contributed by atoms with E-state index in [9.17, 15) is 18.8 Å². The molecule has 1 saturated heterocycles. The van der Waals surface area contributed by atoms with Crippen LogP contribution in [0.1, 0.15) is 29.3 Å². The molecule has 0 radical (unpaired) electrons. The van der Waals surface area contributed by atoms with Crippen molar-refractivity contribution in [3.63, 3.8) is 0 Å². The fourth-order valence-corrected chi connectivity index (χ4v) is 3.30. The zero-order valence-electron chi connectivity index (χ0n) is 14.0. The van der Waals surface area contributed by atoms with Gasteiger partial charge < -0.3 is 5.32 Å². The van der Waals surface area contributed by atoms with Crippen molar-refractivity contribution in [2.24, 2.45) is 0 Å². The fourth-order valence-electron chi connectivity index (χ4n) is 3.06. The van der Waals surface area contributed by atoms with Crippen LogP contribution in [0.15, 0.2) is 48.5 Å². The summed E-state index contributed by atoms with van der Waals surface area (Å²) in [5.41, 5.74) is -0.607. The van der Waals surface area contributed by atoms with E-state index in [1.807, 2.05) is 0 Å². The minimum atomic E-state index is -1.31. The Morgan fingerprint density at radius 1 is 1.15 bits per heavy atom. The highest BCUT2D eigenvalue weighted by atomic mass is 35.5. The van der Waals surface area contributed by atoms with Gasteiger partial charge in [0.05, 0.1) is 11.6 Å². The van der Waals surface area contributed by atoms with Crippen LogP contribution in [0.2, 0.25) is 5.02 Å². The van der Waals surface area contributed by atoms with Gasteiger partial charge in [-0.05, 0) is 36.2 Å². The summed E-state index contributed by atoms with van der Waals surface area (Å²) >= 11 is 6.01. The van der Waals surface area contributed by atoms with Crippen LogP contribution in [-0.4, -0.2) is 29.2 Å². The highest BCUT2D eigenvalue weighted by Gasteiger charge is 2.51. The molecule has 2 aromatic carbocycles. The van der Waals surface area contributed by atoms with Crippen LogP contribution in [0.25, 0.3) is 0 Å². The van der Waals surface area contributed by atoms with Gasteiger partial charge in [-0.1, -0.05) is 42.8 Å². The van der Waals surface area contributed by atoms with E-state index < -0.39 is 35.6 Å². The molecule has 1 aliphatic heterocycles. The number of urea groups is 1. The first-order valence-electron chi connectivity index (χ1n) is 8.07. The van der Waals surface area contributed by atoms with Crippen LogP contribution in [0.3, 0.4) is 0 Å². The second-order valence-corrected chi connectivity index (χ2v) is 6.40. The van der Waals surface area contributed by atoms with E-state index in [0.29, 0.717) is 5.56 Å². The molecule has 0 unspecified atom stereocenters. The number of amides is 3. The van der Waals surface area contributed by atoms with Crippen LogP contribution >= 0.6 is 11.6 Å². The highest BCUT2D eigenvalue weighted by molar-refractivity contribution is 6.34. The number of rotatable bonds is 5. The summed E-state index contributed by atoms with van der Waals surface area (Å²) in [6, 6.07) is 11.1. The third-order valence-corrected chi connectivity index (χ3v) is 4.85. The summed E-state index contributed by atoms with van der Waals surface area (Å²) in [6.07, 6.45) is 0.264. The second-order valence-electron chi connectivity index (χ2n) is 5.99. The lowest BCUT2D eigenvalue weighted by Crippen LogP contribution is -2.43. The Kier molecular flexibility index (Phi) is 4.78. The Morgan fingerprint density at radius 3 is 2.42 bits per heavy atom. The van der Waals surface area contributed by atoms with E-state index in [1.54, 1.807) is 25.1 Å². The minimum Gasteiger partial charge on any atom is -0.319 e. The van der Waals surface area contributed by atoms with Crippen LogP contribution in [0.5, 0.6) is 0 Å². The van der Waals surface area contributed by atoms with Gasteiger partial charge in [-0.3, -0.25) is 14.5 Å². The minimum absolute atomic E-state index is 0.241. The molecule has 0 aliphatic carbocycles. The fraction of sp³-hybridized carbons (Fsp3) is 0.211. The van der Waals surface area contributed by atoms with Crippen molar-refractivity contribution in [2.45, 2.75) is 18.9 Å². The predicted octanol–water partition coefficient (Wildman–Crippen LogP) is 3.52. The van der Waals surface area contributed by atoms with Crippen molar-refractivity contribution >= 4 is 29.3 Å². The average molecular weight is 375 g/mol. The lowest BCUT2D eigenvalue weighted by atomic mass is 9.87. The third kappa shape index (κ3) is 2.97. The molecular weight excluding hydrogens is 359 g/mol. The first-order valence-corrected chi connectivity index (χ1v) is 8.44. The number of Topliss-reactive ketones (excluding diaryl/α,β-unsaturated/α-hetero) is 1. The van der Waals surface area contributed by atoms with Gasteiger partial charge in [0.1, 0.15) is 11.4 Å². The van der Waals surface area contributed by atoms with Gasteiger partial charge in [-0.15, -0.1) is 0 Å². The Bertz CT molecular complexity index is 885. The normalized spacial score (nSPS) is 19.6. The van der Waals surface area contributed by atoms with E-state index in [2.05, 4.69) is 5.32 Å². The van der Waals surface area contributed by atoms with E-state index in [4.69, 9.17) is 11.6 Å². The van der Waals surface area contributed by atoms with Crippen molar-refractivity contribution in [3.8, 4) is 0 Å². The molecule has 1 aliphatic rings. The maximum absolute atomic E-state index is 13.2. The molecule has 0 spiro atoms. The maximum atomic E-state index is 13.2. The number of imide groups is 1. The van der Waals surface area contributed by atoms with E-state index in [-0.39, 0.29) is 17.0 Å². The average Bonchev–Trinajstić information content (AvgIpc) is 2.87.